The number of fused-ring (bicyclic) bond motifs is 1. The second-order valence-corrected chi connectivity index (χ2v) is 8.84. The molecule has 1 atom stereocenters. The van der Waals surface area contributed by atoms with Crippen LogP contribution in [0.15, 0.2) is 40.8 Å². The molecule has 0 spiro atoms. The number of likely N-dealkylation sites (tertiary alicyclic amines) is 1. The molecule has 2 heterocycles. The second kappa shape index (κ2) is 7.99. The summed E-state index contributed by atoms with van der Waals surface area (Å²) in [5.41, 5.74) is 6.57. The quantitative estimate of drug-likeness (QED) is 0.518. The lowest BCUT2D eigenvalue weighted by molar-refractivity contribution is 0.0630. The first-order chi connectivity index (χ1) is 14.7. The van der Waals surface area contributed by atoms with Crippen LogP contribution in [-0.2, 0) is 10.2 Å². The van der Waals surface area contributed by atoms with Crippen LogP contribution in [0.5, 0.6) is 17.2 Å². The Bertz CT molecular complexity index is 1160. The molecule has 0 radical (unpaired) electrons. The van der Waals surface area contributed by atoms with E-state index in [1.54, 1.807) is 23.1 Å². The number of amidine groups is 1. The van der Waals surface area contributed by atoms with Gasteiger partial charge in [-0.2, -0.15) is 8.42 Å². The Morgan fingerprint density at radius 1 is 1.29 bits per heavy atom. The van der Waals surface area contributed by atoms with Gasteiger partial charge in [-0.25, -0.2) is 0 Å². The van der Waals surface area contributed by atoms with E-state index < -0.39 is 10.2 Å². The van der Waals surface area contributed by atoms with E-state index >= 15 is 0 Å². The van der Waals surface area contributed by atoms with Crippen molar-refractivity contribution in [3.05, 3.63) is 47.5 Å². The van der Waals surface area contributed by atoms with E-state index in [0.29, 0.717) is 30.1 Å². The predicted octanol–water partition coefficient (Wildman–Crippen LogP) is 1.40. The minimum Gasteiger partial charge on any atom is -0.508 e. The largest absolute Gasteiger partial charge is 0.508 e. The monoisotopic (exact) mass is 446 g/mol. The molecule has 1 unspecified atom stereocenters. The molecule has 4 rings (SSSR count). The number of ether oxygens (including phenoxy) is 1. The number of nitrogens with one attached hydrogen (secondary N) is 1. The van der Waals surface area contributed by atoms with Crippen LogP contribution >= 0.6 is 0 Å². The van der Waals surface area contributed by atoms with Gasteiger partial charge < -0.3 is 25.6 Å². The lowest BCUT2D eigenvalue weighted by Gasteiger charge is -2.33. The number of benzene rings is 2. The van der Waals surface area contributed by atoms with Gasteiger partial charge in [0.1, 0.15) is 17.2 Å². The number of phenols is 2. The van der Waals surface area contributed by atoms with Gasteiger partial charge in [0.2, 0.25) is 0 Å². The van der Waals surface area contributed by atoms with Crippen LogP contribution in [0.1, 0.15) is 28.8 Å². The Kier molecular flexibility index (Phi) is 5.36. The molecule has 0 aliphatic carbocycles. The van der Waals surface area contributed by atoms with Crippen LogP contribution in [0.2, 0.25) is 0 Å². The van der Waals surface area contributed by atoms with E-state index in [9.17, 15) is 23.4 Å². The summed E-state index contributed by atoms with van der Waals surface area (Å²) in [4.78, 5) is 14.4. The molecule has 1 fully saturated rings. The zero-order valence-corrected chi connectivity index (χ0v) is 17.3. The van der Waals surface area contributed by atoms with Gasteiger partial charge in [0.15, 0.2) is 5.84 Å². The lowest BCUT2D eigenvalue weighted by Crippen LogP contribution is -2.41. The molecule has 1 saturated heterocycles. The molecule has 2 aliphatic rings. The molecule has 0 aromatic heterocycles. The average molecular weight is 446 g/mol. The molecule has 0 saturated carbocycles. The zero-order chi connectivity index (χ0) is 22.2. The number of carbonyl (C=O) groups is 1. The highest BCUT2D eigenvalue weighted by Gasteiger charge is 2.28. The number of aromatic hydroxyl groups is 2. The molecule has 5 N–H and O–H groups in total. The van der Waals surface area contributed by atoms with Crippen LogP contribution in [0.3, 0.4) is 0 Å². The van der Waals surface area contributed by atoms with Gasteiger partial charge in [-0.3, -0.25) is 9.52 Å². The number of nitrogens with two attached hydrogens (primary N) is 1. The molecule has 11 heteroatoms. The lowest BCUT2D eigenvalue weighted by atomic mass is 9.98. The Labute approximate surface area is 179 Å². The van der Waals surface area contributed by atoms with Crippen LogP contribution < -0.4 is 15.2 Å². The maximum absolute atomic E-state index is 12.8. The van der Waals surface area contributed by atoms with Crippen LogP contribution in [0.25, 0.3) is 0 Å². The number of hydrogen-bond acceptors (Lipinski definition) is 7. The fourth-order valence-corrected chi connectivity index (χ4v) is 4.64. The summed E-state index contributed by atoms with van der Waals surface area (Å²) in [6, 6.07) is 8.75. The summed E-state index contributed by atoms with van der Waals surface area (Å²) >= 11 is 0. The minimum absolute atomic E-state index is 0.0199. The van der Waals surface area contributed by atoms with Gasteiger partial charge in [0.05, 0.1) is 23.4 Å². The van der Waals surface area contributed by atoms with E-state index in [1.165, 1.54) is 18.2 Å². The highest BCUT2D eigenvalue weighted by atomic mass is 32.2. The molecule has 2 aliphatic heterocycles. The van der Waals surface area contributed by atoms with Crippen molar-refractivity contribution in [2.75, 3.05) is 24.4 Å². The number of nitrogens with zero attached hydrogens (tertiary/aromatic N) is 2. The van der Waals surface area contributed by atoms with E-state index in [2.05, 4.69) is 9.12 Å². The van der Waals surface area contributed by atoms with Crippen molar-refractivity contribution >= 4 is 27.6 Å². The number of amides is 1. The third-order valence-electron chi connectivity index (χ3n) is 5.23. The number of piperidine rings is 1. The second-order valence-electron chi connectivity index (χ2n) is 7.50. The van der Waals surface area contributed by atoms with Crippen LogP contribution in [0, 0.1) is 5.92 Å². The predicted molar refractivity (Wildman–Crippen MR) is 114 cm³/mol. The molecule has 10 nitrogen and oxygen atoms in total. The molecular weight excluding hydrogens is 424 g/mol. The molecular formula is C20H22N4O6S. The Balaban J connectivity index is 1.46. The molecule has 2 aromatic rings. The third-order valence-corrected chi connectivity index (χ3v) is 6.15. The number of rotatable bonds is 4. The maximum atomic E-state index is 12.8. The van der Waals surface area contributed by atoms with Gasteiger partial charge in [0, 0.05) is 19.0 Å². The Morgan fingerprint density at radius 3 is 2.90 bits per heavy atom. The number of hydrogen-bond donors (Lipinski definition) is 4. The molecule has 164 valence electrons. The van der Waals surface area contributed by atoms with Gasteiger partial charge in [0.25, 0.3) is 5.91 Å². The summed E-state index contributed by atoms with van der Waals surface area (Å²) in [5, 5.41) is 19.6. The van der Waals surface area contributed by atoms with Crippen molar-refractivity contribution in [2.24, 2.45) is 16.0 Å². The SMILES string of the molecule is NC1=NS(=O)(=O)Nc2cccc(OCC3CCCN(C(=O)c4cc(O)ccc4O)C3)c21. The van der Waals surface area contributed by atoms with Crippen molar-refractivity contribution in [1.82, 2.24) is 4.90 Å². The molecule has 1 amide bonds. The average Bonchev–Trinajstić information content (AvgIpc) is 2.72. The molecule has 0 bridgehead atoms. The van der Waals surface area contributed by atoms with Crippen LogP contribution in [0.4, 0.5) is 5.69 Å². The van der Waals surface area contributed by atoms with Gasteiger partial charge in [-0.05, 0) is 43.2 Å². The topological polar surface area (TPSA) is 155 Å². The standard InChI is InChI=1S/C20H22N4O6S/c21-19-18-15(22-31(28,29)23-19)4-1-5-17(18)30-11-12-3-2-8-24(10-12)20(27)14-9-13(25)6-7-16(14)26/h1,4-7,9,12,22,25-26H,2-3,8,10-11H2,(H2,21,23). The summed E-state index contributed by atoms with van der Waals surface area (Å²) in [5.74, 6) is -0.372. The third kappa shape index (κ3) is 4.36. The summed E-state index contributed by atoms with van der Waals surface area (Å²) in [6.07, 6.45) is 1.59. The van der Waals surface area contributed by atoms with E-state index in [4.69, 9.17) is 10.5 Å². The van der Waals surface area contributed by atoms with Crippen molar-refractivity contribution in [3.63, 3.8) is 0 Å². The normalized spacial score (nSPS) is 19.7. The Morgan fingerprint density at radius 2 is 2.10 bits per heavy atom. The van der Waals surface area contributed by atoms with Crippen molar-refractivity contribution in [2.45, 2.75) is 12.8 Å². The smallest absolute Gasteiger partial charge is 0.344 e. The fourth-order valence-electron chi connectivity index (χ4n) is 3.80. The minimum atomic E-state index is -3.87. The van der Waals surface area contributed by atoms with Crippen molar-refractivity contribution < 1.29 is 28.2 Å². The number of phenolic OH excluding ortho intramolecular Hbond substituents is 2. The summed E-state index contributed by atoms with van der Waals surface area (Å²) in [7, 11) is -3.87. The maximum Gasteiger partial charge on any atom is 0.344 e. The first kappa shape index (κ1) is 20.8. The zero-order valence-electron chi connectivity index (χ0n) is 16.5. The molecule has 31 heavy (non-hydrogen) atoms. The van der Waals surface area contributed by atoms with E-state index in [1.807, 2.05) is 0 Å². The van der Waals surface area contributed by atoms with Gasteiger partial charge in [-0.1, -0.05) is 6.07 Å². The molecule has 2 aromatic carbocycles. The van der Waals surface area contributed by atoms with E-state index in [0.717, 1.165) is 12.8 Å². The highest BCUT2D eigenvalue weighted by Crippen LogP contribution is 2.31. The number of carbonyl (C=O) groups excluding carboxylic acids is 1. The number of anilines is 1. The Hall–Kier alpha value is -3.47. The first-order valence-corrected chi connectivity index (χ1v) is 11.1. The summed E-state index contributed by atoms with van der Waals surface area (Å²) < 4.78 is 35.2. The summed E-state index contributed by atoms with van der Waals surface area (Å²) in [6.45, 7) is 1.23. The van der Waals surface area contributed by atoms with Gasteiger partial charge in [-0.15, -0.1) is 4.40 Å². The van der Waals surface area contributed by atoms with Crippen LogP contribution in [-0.4, -0.2) is 55.0 Å². The van der Waals surface area contributed by atoms with Crippen molar-refractivity contribution in [3.8, 4) is 17.2 Å². The first-order valence-electron chi connectivity index (χ1n) is 9.69. The van der Waals surface area contributed by atoms with Crippen molar-refractivity contribution in [1.29, 1.82) is 0 Å². The van der Waals surface area contributed by atoms with E-state index in [-0.39, 0.29) is 41.3 Å². The fraction of sp³-hybridized carbons (Fsp3) is 0.300. The van der Waals surface area contributed by atoms with Gasteiger partial charge >= 0.3 is 10.2 Å². The highest BCUT2D eigenvalue weighted by molar-refractivity contribution is 7.91.